The van der Waals surface area contributed by atoms with Gasteiger partial charge in [0.25, 0.3) is 5.91 Å². The van der Waals surface area contributed by atoms with Crippen molar-refractivity contribution in [1.82, 2.24) is 19.5 Å². The van der Waals surface area contributed by atoms with Crippen LogP contribution in [0.3, 0.4) is 0 Å². The standard InChI is InChI=1S/C23H21N5O4S/c1-33(31,32)19-5-2-4-16(12-19)20-6-3-11-28-21(20)25-23(26-28)24-17-9-7-15(8-10-17)22(30)27-13-18(29)14-27/h2-12,18,29H,13-14H2,1H3,(H,24,26). The molecule has 0 saturated carbocycles. The Bertz CT molecular complexity index is 1460. The number of anilines is 2. The highest BCUT2D eigenvalue weighted by atomic mass is 32.2. The number of carbonyl (C=O) groups excluding carboxylic acids is 1. The molecule has 1 fully saturated rings. The number of carbonyl (C=O) groups is 1. The van der Waals surface area contributed by atoms with Crippen molar-refractivity contribution >= 4 is 33.0 Å². The number of aromatic nitrogens is 3. The van der Waals surface area contributed by atoms with Gasteiger partial charge in [-0.3, -0.25) is 4.79 Å². The van der Waals surface area contributed by atoms with E-state index in [0.29, 0.717) is 35.9 Å². The second-order valence-corrected chi connectivity index (χ2v) is 10.0. The highest BCUT2D eigenvalue weighted by molar-refractivity contribution is 7.90. The SMILES string of the molecule is CS(=O)(=O)c1cccc(-c2cccn3nc(Nc4ccc(C(=O)N5CC(O)C5)cc4)nc23)c1. The van der Waals surface area contributed by atoms with Crippen molar-refractivity contribution in [3.05, 3.63) is 72.4 Å². The molecular formula is C23H21N5O4S. The smallest absolute Gasteiger partial charge is 0.254 e. The van der Waals surface area contributed by atoms with Gasteiger partial charge >= 0.3 is 0 Å². The van der Waals surface area contributed by atoms with E-state index in [-0.39, 0.29) is 10.8 Å². The van der Waals surface area contributed by atoms with E-state index in [9.17, 15) is 18.3 Å². The van der Waals surface area contributed by atoms with Crippen molar-refractivity contribution in [2.75, 3.05) is 24.7 Å². The summed E-state index contributed by atoms with van der Waals surface area (Å²) in [5, 5.41) is 17.0. The predicted octanol–water partition coefficient (Wildman–Crippen LogP) is 2.36. The van der Waals surface area contributed by atoms with E-state index in [1.165, 1.54) is 6.26 Å². The van der Waals surface area contributed by atoms with Crippen molar-refractivity contribution in [1.29, 1.82) is 0 Å². The molecule has 4 aromatic rings. The van der Waals surface area contributed by atoms with Gasteiger partial charge in [0.2, 0.25) is 5.95 Å². The summed E-state index contributed by atoms with van der Waals surface area (Å²) in [6.07, 6.45) is 2.51. The maximum atomic E-state index is 12.3. The molecule has 0 bridgehead atoms. The van der Waals surface area contributed by atoms with E-state index in [0.717, 1.165) is 11.1 Å². The normalized spacial score (nSPS) is 14.3. The second kappa shape index (κ2) is 7.98. The third-order valence-corrected chi connectivity index (χ3v) is 6.58. The number of pyridine rings is 1. The number of fused-ring (bicyclic) bond motifs is 1. The van der Waals surface area contributed by atoms with Crippen LogP contribution >= 0.6 is 0 Å². The Kier molecular flexibility index (Phi) is 5.10. The summed E-state index contributed by atoms with van der Waals surface area (Å²) in [6, 6.07) is 17.4. The summed E-state index contributed by atoms with van der Waals surface area (Å²) in [5.74, 6) is 0.255. The molecule has 1 aliphatic rings. The maximum Gasteiger partial charge on any atom is 0.254 e. The average molecular weight is 464 g/mol. The van der Waals surface area contributed by atoms with E-state index >= 15 is 0 Å². The number of hydrogen-bond acceptors (Lipinski definition) is 7. The second-order valence-electron chi connectivity index (χ2n) is 7.99. The number of aliphatic hydroxyl groups excluding tert-OH is 1. The zero-order valence-electron chi connectivity index (χ0n) is 17.7. The molecule has 0 unspecified atom stereocenters. The molecule has 0 aliphatic carbocycles. The molecular weight excluding hydrogens is 442 g/mol. The lowest BCUT2D eigenvalue weighted by Crippen LogP contribution is -2.53. The molecule has 2 N–H and O–H groups in total. The molecule has 1 amide bonds. The minimum Gasteiger partial charge on any atom is -0.389 e. The lowest BCUT2D eigenvalue weighted by atomic mass is 10.1. The molecule has 1 aliphatic heterocycles. The Labute approximate surface area is 190 Å². The Morgan fingerprint density at radius 3 is 2.55 bits per heavy atom. The molecule has 9 nitrogen and oxygen atoms in total. The lowest BCUT2D eigenvalue weighted by molar-refractivity contribution is 0.00590. The van der Waals surface area contributed by atoms with Crippen LogP contribution in [0.25, 0.3) is 16.8 Å². The summed E-state index contributed by atoms with van der Waals surface area (Å²) in [6.45, 7) is 0.721. The van der Waals surface area contributed by atoms with E-state index in [2.05, 4.69) is 15.4 Å². The van der Waals surface area contributed by atoms with Gasteiger partial charge in [-0.05, 0) is 54.1 Å². The molecule has 5 rings (SSSR count). The van der Waals surface area contributed by atoms with Crippen LogP contribution < -0.4 is 5.32 Å². The summed E-state index contributed by atoms with van der Waals surface area (Å²) >= 11 is 0. The van der Waals surface area contributed by atoms with Gasteiger partial charge in [0.15, 0.2) is 15.5 Å². The van der Waals surface area contributed by atoms with Gasteiger partial charge in [-0.25, -0.2) is 12.9 Å². The van der Waals surface area contributed by atoms with Crippen molar-refractivity contribution in [2.45, 2.75) is 11.0 Å². The number of β-amino-alcohol motifs (C(OH)–C–C–N with tert-alkyl or cyclic N) is 1. The van der Waals surface area contributed by atoms with Crippen LogP contribution in [0.1, 0.15) is 10.4 Å². The fourth-order valence-electron chi connectivity index (χ4n) is 3.71. The number of sulfone groups is 1. The predicted molar refractivity (Wildman–Crippen MR) is 123 cm³/mol. The molecule has 33 heavy (non-hydrogen) atoms. The van der Waals surface area contributed by atoms with Crippen LogP contribution in [0.4, 0.5) is 11.6 Å². The van der Waals surface area contributed by atoms with Gasteiger partial charge in [0.1, 0.15) is 0 Å². The Morgan fingerprint density at radius 2 is 1.85 bits per heavy atom. The van der Waals surface area contributed by atoms with Crippen molar-refractivity contribution < 1.29 is 18.3 Å². The van der Waals surface area contributed by atoms with Crippen LogP contribution in [0, 0.1) is 0 Å². The zero-order chi connectivity index (χ0) is 23.2. The van der Waals surface area contributed by atoms with Gasteiger partial charge in [-0.2, -0.15) is 4.98 Å². The van der Waals surface area contributed by atoms with Crippen LogP contribution in [0.5, 0.6) is 0 Å². The topological polar surface area (TPSA) is 117 Å². The van der Waals surface area contributed by atoms with Gasteiger partial charge in [0, 0.05) is 42.4 Å². The highest BCUT2D eigenvalue weighted by Crippen LogP contribution is 2.27. The highest BCUT2D eigenvalue weighted by Gasteiger charge is 2.29. The first kappa shape index (κ1) is 21.1. The quantitative estimate of drug-likeness (QED) is 0.467. The zero-order valence-corrected chi connectivity index (χ0v) is 18.5. The van der Waals surface area contributed by atoms with Crippen molar-refractivity contribution in [3.8, 4) is 11.1 Å². The summed E-state index contributed by atoms with van der Waals surface area (Å²) in [5.41, 5.74) is 3.31. The third-order valence-electron chi connectivity index (χ3n) is 5.47. The number of rotatable bonds is 5. The lowest BCUT2D eigenvalue weighted by Gasteiger charge is -2.35. The number of nitrogens with zero attached hydrogens (tertiary/aromatic N) is 4. The van der Waals surface area contributed by atoms with Crippen molar-refractivity contribution in [2.24, 2.45) is 0 Å². The molecule has 0 spiro atoms. The van der Waals surface area contributed by atoms with Gasteiger partial charge in [-0.1, -0.05) is 12.1 Å². The Morgan fingerprint density at radius 1 is 1.09 bits per heavy atom. The first-order valence-electron chi connectivity index (χ1n) is 10.3. The minimum atomic E-state index is -3.33. The van der Waals surface area contributed by atoms with Gasteiger partial charge in [0.05, 0.1) is 11.0 Å². The van der Waals surface area contributed by atoms with Crippen LogP contribution in [-0.2, 0) is 9.84 Å². The van der Waals surface area contributed by atoms with E-state index in [1.807, 2.05) is 18.2 Å². The van der Waals surface area contributed by atoms with Crippen molar-refractivity contribution in [3.63, 3.8) is 0 Å². The Balaban J connectivity index is 1.40. The first-order chi connectivity index (χ1) is 15.8. The fraction of sp³-hybridized carbons (Fsp3) is 0.174. The number of likely N-dealkylation sites (tertiary alicyclic amines) is 1. The maximum absolute atomic E-state index is 12.3. The number of benzene rings is 2. The number of nitrogens with one attached hydrogen (secondary N) is 1. The number of aliphatic hydroxyl groups is 1. The summed E-state index contributed by atoms with van der Waals surface area (Å²) in [4.78, 5) is 18.8. The van der Waals surface area contributed by atoms with Crippen LogP contribution in [0.15, 0.2) is 71.8 Å². The molecule has 0 radical (unpaired) electrons. The summed E-state index contributed by atoms with van der Waals surface area (Å²) < 4.78 is 25.5. The molecule has 10 heteroatoms. The molecule has 168 valence electrons. The molecule has 0 atom stereocenters. The first-order valence-corrected chi connectivity index (χ1v) is 12.2. The van der Waals surface area contributed by atoms with E-state index < -0.39 is 15.9 Å². The molecule has 1 saturated heterocycles. The summed E-state index contributed by atoms with van der Waals surface area (Å²) in [7, 11) is -3.33. The van der Waals surface area contributed by atoms with E-state index in [4.69, 9.17) is 0 Å². The fourth-order valence-corrected chi connectivity index (χ4v) is 4.37. The number of amides is 1. The van der Waals surface area contributed by atoms with E-state index in [1.54, 1.807) is 58.1 Å². The minimum absolute atomic E-state index is 0.112. The average Bonchev–Trinajstić information content (AvgIpc) is 3.19. The Hall–Kier alpha value is -3.76. The van der Waals surface area contributed by atoms with Gasteiger partial charge < -0.3 is 15.3 Å². The molecule has 3 heterocycles. The third kappa shape index (κ3) is 4.18. The van der Waals surface area contributed by atoms with Gasteiger partial charge in [-0.15, -0.1) is 5.10 Å². The molecule has 2 aromatic heterocycles. The monoisotopic (exact) mass is 463 g/mol. The number of hydrogen-bond donors (Lipinski definition) is 2. The van der Waals surface area contributed by atoms with Crippen LogP contribution in [-0.4, -0.2) is 64.4 Å². The van der Waals surface area contributed by atoms with Crippen LogP contribution in [0.2, 0.25) is 0 Å². The largest absolute Gasteiger partial charge is 0.389 e. The molecule has 2 aromatic carbocycles.